The van der Waals surface area contributed by atoms with E-state index in [1.165, 1.54) is 48.5 Å². The zero-order valence-corrected chi connectivity index (χ0v) is 9.60. The third-order valence-electron chi connectivity index (χ3n) is 2.40. The summed E-state index contributed by atoms with van der Waals surface area (Å²) in [6.45, 7) is 0. The van der Waals surface area contributed by atoms with Crippen LogP contribution in [0.4, 0.5) is 8.78 Å². The van der Waals surface area contributed by atoms with Crippen molar-refractivity contribution in [1.82, 2.24) is 0 Å². The van der Waals surface area contributed by atoms with Crippen LogP contribution in [0.1, 0.15) is 20.7 Å². The number of hydrogen-bond donors (Lipinski definition) is 0. The summed E-state index contributed by atoms with van der Waals surface area (Å²) in [5.74, 6) is 0.786. The van der Waals surface area contributed by atoms with Crippen LogP contribution < -0.4 is 4.74 Å². The molecule has 2 aromatic rings. The molecule has 0 unspecified atom stereocenters. The van der Waals surface area contributed by atoms with E-state index in [1.807, 2.05) is 0 Å². The van der Waals surface area contributed by atoms with Crippen molar-refractivity contribution in [2.24, 2.45) is 0 Å². The van der Waals surface area contributed by atoms with Gasteiger partial charge in [-0.25, -0.2) is 0 Å². The van der Waals surface area contributed by atoms with E-state index in [-0.39, 0.29) is 11.1 Å². The highest BCUT2D eigenvalue weighted by molar-refractivity contribution is 5.89. The Morgan fingerprint density at radius 3 is 1.26 bits per heavy atom. The quantitative estimate of drug-likeness (QED) is 0.789. The predicted molar refractivity (Wildman–Crippen MR) is 63.8 cm³/mol. The van der Waals surface area contributed by atoms with Gasteiger partial charge in [0.05, 0.1) is 11.1 Å². The fourth-order valence-corrected chi connectivity index (χ4v) is 1.44. The molecule has 19 heavy (non-hydrogen) atoms. The lowest BCUT2D eigenvalue weighted by Crippen LogP contribution is -1.91. The molecule has 5 heteroatoms. The van der Waals surface area contributed by atoms with Crippen molar-refractivity contribution in [2.45, 2.75) is 0 Å². The Hall–Kier alpha value is -2.56. The molecule has 0 aliphatic heterocycles. The van der Waals surface area contributed by atoms with Gasteiger partial charge >= 0.3 is 12.1 Å². The van der Waals surface area contributed by atoms with Crippen LogP contribution in [-0.2, 0) is 0 Å². The van der Waals surface area contributed by atoms with Crippen molar-refractivity contribution >= 4 is 12.1 Å². The number of ether oxygens (including phenoxy) is 1. The molecule has 0 amide bonds. The molecule has 96 valence electrons. The first kappa shape index (κ1) is 12.9. The molecule has 2 aromatic carbocycles. The van der Waals surface area contributed by atoms with Gasteiger partial charge in [0.25, 0.3) is 0 Å². The Labute approximate surface area is 107 Å². The lowest BCUT2D eigenvalue weighted by molar-refractivity contribution is 0.0826. The van der Waals surface area contributed by atoms with Crippen molar-refractivity contribution < 1.29 is 23.1 Å². The first-order valence-corrected chi connectivity index (χ1v) is 5.34. The molecule has 0 radical (unpaired) electrons. The topological polar surface area (TPSA) is 43.4 Å². The monoisotopic (exact) mass is 262 g/mol. The molecule has 0 atom stereocenters. The van der Waals surface area contributed by atoms with Crippen LogP contribution in [-0.4, -0.2) is 12.1 Å². The minimum Gasteiger partial charge on any atom is -0.457 e. The molecule has 0 spiro atoms. The molecule has 3 nitrogen and oxygen atoms in total. The van der Waals surface area contributed by atoms with E-state index in [0.717, 1.165) is 0 Å². The molecule has 0 heterocycles. The maximum atomic E-state index is 12.4. The van der Waals surface area contributed by atoms with E-state index in [1.54, 1.807) is 0 Å². The summed E-state index contributed by atoms with van der Waals surface area (Å²) < 4.78 is 30.1. The van der Waals surface area contributed by atoms with Gasteiger partial charge in [-0.05, 0) is 48.5 Å². The fraction of sp³-hybridized carbons (Fsp3) is 0. The number of carbonyl (C=O) groups excluding carboxylic acids is 2. The van der Waals surface area contributed by atoms with Gasteiger partial charge in [0.1, 0.15) is 11.5 Å². The van der Waals surface area contributed by atoms with Gasteiger partial charge in [-0.2, -0.15) is 8.78 Å². The molecule has 0 fully saturated rings. The van der Waals surface area contributed by atoms with Crippen LogP contribution >= 0.6 is 0 Å². The molecular weight excluding hydrogens is 254 g/mol. The first-order chi connectivity index (χ1) is 9.06. The molecule has 0 aliphatic carbocycles. The second-order valence-corrected chi connectivity index (χ2v) is 3.70. The zero-order chi connectivity index (χ0) is 13.8. The van der Waals surface area contributed by atoms with Crippen molar-refractivity contribution in [3.05, 3.63) is 59.7 Å². The van der Waals surface area contributed by atoms with Crippen LogP contribution in [0.2, 0.25) is 0 Å². The SMILES string of the molecule is O=C(F)c1ccc(Oc2ccc(C(=O)F)cc2)cc1. The summed E-state index contributed by atoms with van der Waals surface area (Å²) in [4.78, 5) is 20.9. The summed E-state index contributed by atoms with van der Waals surface area (Å²) in [5, 5.41) is 0. The zero-order valence-electron chi connectivity index (χ0n) is 9.60. The second kappa shape index (κ2) is 5.39. The smallest absolute Gasteiger partial charge is 0.332 e. The number of rotatable bonds is 4. The lowest BCUT2D eigenvalue weighted by Gasteiger charge is -2.05. The normalized spacial score (nSPS) is 10.0. The van der Waals surface area contributed by atoms with Crippen LogP contribution in [0.5, 0.6) is 11.5 Å². The molecule has 0 aliphatic rings. The Bertz CT molecular complexity index is 548. The van der Waals surface area contributed by atoms with Crippen molar-refractivity contribution in [3.8, 4) is 11.5 Å². The molecule has 0 saturated carbocycles. The van der Waals surface area contributed by atoms with E-state index in [9.17, 15) is 18.4 Å². The van der Waals surface area contributed by atoms with Crippen LogP contribution in [0, 0.1) is 0 Å². The van der Waals surface area contributed by atoms with Crippen molar-refractivity contribution in [1.29, 1.82) is 0 Å². The van der Waals surface area contributed by atoms with Gasteiger partial charge in [-0.15, -0.1) is 0 Å². The Balaban J connectivity index is 2.12. The molecular formula is C14H8F2O3. The van der Waals surface area contributed by atoms with Gasteiger partial charge < -0.3 is 4.74 Å². The summed E-state index contributed by atoms with van der Waals surface area (Å²) >= 11 is 0. The van der Waals surface area contributed by atoms with Gasteiger partial charge in [0.15, 0.2) is 0 Å². The minimum absolute atomic E-state index is 0.0641. The average molecular weight is 262 g/mol. The second-order valence-electron chi connectivity index (χ2n) is 3.70. The highest BCUT2D eigenvalue weighted by Crippen LogP contribution is 2.22. The van der Waals surface area contributed by atoms with Gasteiger partial charge in [-0.3, -0.25) is 9.59 Å². The highest BCUT2D eigenvalue weighted by Gasteiger charge is 2.05. The van der Waals surface area contributed by atoms with Crippen LogP contribution in [0.15, 0.2) is 48.5 Å². The first-order valence-electron chi connectivity index (χ1n) is 5.34. The standard InChI is InChI=1S/C14H8F2O3/c15-13(17)9-1-5-11(6-2-9)19-12-7-3-10(4-8-12)14(16)18/h1-8H. The highest BCUT2D eigenvalue weighted by atomic mass is 19.1. The number of halogens is 2. The van der Waals surface area contributed by atoms with E-state index in [2.05, 4.69) is 0 Å². The average Bonchev–Trinajstić information content (AvgIpc) is 2.40. The summed E-state index contributed by atoms with van der Waals surface area (Å²) in [6.07, 6.45) is 0. The number of carbonyl (C=O) groups is 2. The summed E-state index contributed by atoms with van der Waals surface area (Å²) in [6, 6.07) is 7.85. The van der Waals surface area contributed by atoms with Gasteiger partial charge in [0, 0.05) is 0 Å². The summed E-state index contributed by atoms with van der Waals surface area (Å²) in [5.41, 5.74) is -0.128. The van der Waals surface area contributed by atoms with Gasteiger partial charge in [0.2, 0.25) is 0 Å². The van der Waals surface area contributed by atoms with E-state index < -0.39 is 12.1 Å². The van der Waals surface area contributed by atoms with Crippen molar-refractivity contribution in [3.63, 3.8) is 0 Å². The van der Waals surface area contributed by atoms with Crippen LogP contribution in [0.3, 0.4) is 0 Å². The van der Waals surface area contributed by atoms with E-state index in [4.69, 9.17) is 4.74 Å². The molecule has 0 aromatic heterocycles. The Morgan fingerprint density at radius 2 is 1.00 bits per heavy atom. The minimum atomic E-state index is -1.52. The maximum absolute atomic E-state index is 12.4. The van der Waals surface area contributed by atoms with Crippen molar-refractivity contribution in [2.75, 3.05) is 0 Å². The fourth-order valence-electron chi connectivity index (χ4n) is 1.44. The number of hydrogen-bond acceptors (Lipinski definition) is 3. The third-order valence-corrected chi connectivity index (χ3v) is 2.40. The largest absolute Gasteiger partial charge is 0.457 e. The maximum Gasteiger partial charge on any atom is 0.332 e. The Kier molecular flexibility index (Phi) is 3.66. The molecule has 0 saturated heterocycles. The predicted octanol–water partition coefficient (Wildman–Crippen LogP) is 3.70. The molecule has 0 N–H and O–H groups in total. The Morgan fingerprint density at radius 1 is 0.684 bits per heavy atom. The summed E-state index contributed by atoms with van der Waals surface area (Å²) in [7, 11) is 0. The van der Waals surface area contributed by atoms with E-state index in [0.29, 0.717) is 11.5 Å². The number of benzene rings is 2. The molecule has 0 bridgehead atoms. The van der Waals surface area contributed by atoms with E-state index >= 15 is 0 Å². The lowest BCUT2D eigenvalue weighted by atomic mass is 10.2. The van der Waals surface area contributed by atoms with Gasteiger partial charge in [-0.1, -0.05) is 0 Å². The third kappa shape index (κ3) is 3.22. The molecule has 2 rings (SSSR count). The van der Waals surface area contributed by atoms with Crippen LogP contribution in [0.25, 0.3) is 0 Å².